The monoisotopic (exact) mass is 287 g/mol. The number of rotatable bonds is 1. The Morgan fingerprint density at radius 3 is 2.65 bits per heavy atom. The van der Waals surface area contributed by atoms with Gasteiger partial charge in [0.25, 0.3) is 0 Å². The van der Waals surface area contributed by atoms with Gasteiger partial charge < -0.3 is 5.73 Å². The van der Waals surface area contributed by atoms with E-state index in [2.05, 4.69) is 9.97 Å². The number of halogens is 2. The van der Waals surface area contributed by atoms with Gasteiger partial charge in [-0.2, -0.15) is 0 Å². The first-order valence-electron chi connectivity index (χ1n) is 6.03. The van der Waals surface area contributed by atoms with Crippen molar-refractivity contribution in [1.82, 2.24) is 9.97 Å². The Morgan fingerprint density at radius 1 is 1.10 bits per heavy atom. The molecule has 0 amide bonds. The maximum absolute atomic E-state index is 13.5. The number of nitrogens with two attached hydrogens (primary N) is 1. The van der Waals surface area contributed by atoms with Crippen molar-refractivity contribution in [3.63, 3.8) is 0 Å². The molecule has 20 heavy (non-hydrogen) atoms. The number of aryl methyl sites for hydroxylation is 1. The van der Waals surface area contributed by atoms with E-state index < -0.39 is 0 Å². The van der Waals surface area contributed by atoms with Crippen LogP contribution in [0.25, 0.3) is 22.3 Å². The molecule has 0 aliphatic carbocycles. The van der Waals surface area contributed by atoms with Crippen LogP contribution in [0.5, 0.6) is 0 Å². The highest BCUT2D eigenvalue weighted by molar-refractivity contribution is 6.31. The van der Waals surface area contributed by atoms with Crippen molar-refractivity contribution in [1.29, 1.82) is 0 Å². The van der Waals surface area contributed by atoms with E-state index in [-0.39, 0.29) is 5.82 Å². The van der Waals surface area contributed by atoms with E-state index in [1.54, 1.807) is 18.2 Å². The summed E-state index contributed by atoms with van der Waals surface area (Å²) in [6.45, 7) is 1.82. The summed E-state index contributed by atoms with van der Waals surface area (Å²) in [5, 5.41) is 1.26. The number of aromatic nitrogens is 2. The van der Waals surface area contributed by atoms with Crippen molar-refractivity contribution in [3.05, 3.63) is 52.8 Å². The Morgan fingerprint density at radius 2 is 1.90 bits per heavy atom. The number of benzene rings is 2. The highest BCUT2D eigenvalue weighted by Crippen LogP contribution is 2.26. The fourth-order valence-corrected chi connectivity index (χ4v) is 2.29. The minimum Gasteiger partial charge on any atom is -0.383 e. The molecule has 0 bridgehead atoms. The van der Waals surface area contributed by atoms with Gasteiger partial charge in [-0.05, 0) is 48.9 Å². The fraction of sp³-hybridized carbons (Fsp3) is 0.0667. The number of anilines is 1. The van der Waals surface area contributed by atoms with Crippen LogP contribution in [0.2, 0.25) is 5.02 Å². The van der Waals surface area contributed by atoms with Gasteiger partial charge in [-0.25, -0.2) is 14.4 Å². The van der Waals surface area contributed by atoms with Gasteiger partial charge in [-0.3, -0.25) is 0 Å². The van der Waals surface area contributed by atoms with Crippen LogP contribution in [0.15, 0.2) is 36.4 Å². The molecule has 0 aliphatic heterocycles. The molecule has 0 saturated carbocycles. The number of hydrogen-bond donors (Lipinski definition) is 1. The van der Waals surface area contributed by atoms with E-state index in [0.717, 1.165) is 5.56 Å². The maximum Gasteiger partial charge on any atom is 0.162 e. The molecule has 3 nitrogen and oxygen atoms in total. The third kappa shape index (κ3) is 2.30. The Bertz CT molecular complexity index is 797. The first-order valence-corrected chi connectivity index (χ1v) is 6.41. The van der Waals surface area contributed by atoms with E-state index in [4.69, 9.17) is 17.3 Å². The lowest BCUT2D eigenvalue weighted by Gasteiger charge is -2.07. The zero-order chi connectivity index (χ0) is 14.3. The second-order valence-corrected chi connectivity index (χ2v) is 5.05. The predicted molar refractivity (Wildman–Crippen MR) is 79.1 cm³/mol. The first kappa shape index (κ1) is 12.8. The van der Waals surface area contributed by atoms with Crippen molar-refractivity contribution < 1.29 is 4.39 Å². The van der Waals surface area contributed by atoms with Crippen LogP contribution in [0, 0.1) is 12.7 Å². The quantitative estimate of drug-likeness (QED) is 0.736. The van der Waals surface area contributed by atoms with Crippen molar-refractivity contribution >= 4 is 28.3 Å². The standard InChI is InChI=1S/C15H11ClFN3/c1-8-4-9(6-11(17)5-8)15-19-13-3-2-10(16)7-12(13)14(18)20-15/h2-7H,1H3,(H2,18,19,20). The van der Waals surface area contributed by atoms with E-state index >= 15 is 0 Å². The maximum atomic E-state index is 13.5. The molecule has 0 atom stereocenters. The lowest BCUT2D eigenvalue weighted by molar-refractivity contribution is 0.627. The summed E-state index contributed by atoms with van der Waals surface area (Å²) < 4.78 is 13.5. The Kier molecular flexibility index (Phi) is 3.03. The van der Waals surface area contributed by atoms with Gasteiger partial charge in [0.15, 0.2) is 5.82 Å². The second kappa shape index (κ2) is 4.72. The number of nitrogen functional groups attached to an aromatic ring is 1. The third-order valence-corrected chi connectivity index (χ3v) is 3.22. The van der Waals surface area contributed by atoms with E-state index in [1.165, 1.54) is 12.1 Å². The summed E-state index contributed by atoms with van der Waals surface area (Å²) in [5.41, 5.74) is 8.02. The van der Waals surface area contributed by atoms with Crippen LogP contribution >= 0.6 is 11.6 Å². The van der Waals surface area contributed by atoms with Gasteiger partial charge in [-0.1, -0.05) is 11.6 Å². The zero-order valence-electron chi connectivity index (χ0n) is 10.7. The van der Waals surface area contributed by atoms with Crippen LogP contribution in [0.1, 0.15) is 5.56 Å². The van der Waals surface area contributed by atoms with Crippen molar-refractivity contribution in [2.24, 2.45) is 0 Å². The molecule has 2 aromatic carbocycles. The third-order valence-electron chi connectivity index (χ3n) is 2.99. The molecule has 0 aliphatic rings. The summed E-state index contributed by atoms with van der Waals surface area (Å²) in [6.07, 6.45) is 0. The average molecular weight is 288 g/mol. The van der Waals surface area contributed by atoms with Gasteiger partial charge in [0.1, 0.15) is 11.6 Å². The van der Waals surface area contributed by atoms with Crippen LogP contribution in [-0.4, -0.2) is 9.97 Å². The zero-order valence-corrected chi connectivity index (χ0v) is 11.4. The predicted octanol–water partition coefficient (Wildman–Crippen LogP) is 3.98. The molecule has 1 aromatic heterocycles. The fourth-order valence-electron chi connectivity index (χ4n) is 2.12. The molecular weight excluding hydrogens is 277 g/mol. The number of hydrogen-bond acceptors (Lipinski definition) is 3. The Hall–Kier alpha value is -2.20. The first-order chi connectivity index (χ1) is 9.52. The van der Waals surface area contributed by atoms with Crippen molar-refractivity contribution in [2.45, 2.75) is 6.92 Å². The molecule has 3 aromatic rings. The van der Waals surface area contributed by atoms with Gasteiger partial charge in [0.2, 0.25) is 0 Å². The number of fused-ring (bicyclic) bond motifs is 1. The largest absolute Gasteiger partial charge is 0.383 e. The lowest BCUT2D eigenvalue weighted by atomic mass is 10.1. The lowest BCUT2D eigenvalue weighted by Crippen LogP contribution is -1.98. The van der Waals surface area contributed by atoms with E-state index in [9.17, 15) is 4.39 Å². The van der Waals surface area contributed by atoms with Gasteiger partial charge >= 0.3 is 0 Å². The van der Waals surface area contributed by atoms with Crippen LogP contribution in [0.3, 0.4) is 0 Å². The topological polar surface area (TPSA) is 51.8 Å². The molecule has 2 N–H and O–H groups in total. The second-order valence-electron chi connectivity index (χ2n) is 4.61. The molecule has 3 rings (SSSR count). The average Bonchev–Trinajstić information content (AvgIpc) is 2.38. The van der Waals surface area contributed by atoms with E-state index in [0.29, 0.717) is 33.1 Å². The Balaban J connectivity index is 2.24. The van der Waals surface area contributed by atoms with Crippen LogP contribution < -0.4 is 5.73 Å². The number of nitrogens with zero attached hydrogens (tertiary/aromatic N) is 2. The summed E-state index contributed by atoms with van der Waals surface area (Å²) in [7, 11) is 0. The summed E-state index contributed by atoms with van der Waals surface area (Å²) in [6, 6.07) is 9.88. The van der Waals surface area contributed by atoms with E-state index in [1.807, 2.05) is 13.0 Å². The van der Waals surface area contributed by atoms with Crippen molar-refractivity contribution in [2.75, 3.05) is 5.73 Å². The molecule has 0 fully saturated rings. The summed E-state index contributed by atoms with van der Waals surface area (Å²) in [5.74, 6) is 0.410. The van der Waals surface area contributed by atoms with Gasteiger partial charge in [0.05, 0.1) is 5.52 Å². The molecule has 0 radical (unpaired) electrons. The Labute approximate surface area is 120 Å². The molecule has 100 valence electrons. The minimum absolute atomic E-state index is 0.321. The SMILES string of the molecule is Cc1cc(F)cc(-c2nc(N)c3cc(Cl)ccc3n2)c1. The summed E-state index contributed by atoms with van der Waals surface area (Å²) in [4.78, 5) is 8.65. The highest BCUT2D eigenvalue weighted by atomic mass is 35.5. The van der Waals surface area contributed by atoms with Crippen LogP contribution in [-0.2, 0) is 0 Å². The smallest absolute Gasteiger partial charge is 0.162 e. The van der Waals surface area contributed by atoms with Gasteiger partial charge in [-0.15, -0.1) is 0 Å². The molecule has 0 saturated heterocycles. The van der Waals surface area contributed by atoms with Gasteiger partial charge in [0, 0.05) is 16.0 Å². The minimum atomic E-state index is -0.321. The molecule has 1 heterocycles. The molecular formula is C15H11ClFN3. The molecule has 5 heteroatoms. The normalized spacial score (nSPS) is 10.9. The molecule has 0 unspecified atom stereocenters. The van der Waals surface area contributed by atoms with Crippen LogP contribution in [0.4, 0.5) is 10.2 Å². The summed E-state index contributed by atoms with van der Waals surface area (Å²) >= 11 is 5.93. The molecule has 0 spiro atoms. The van der Waals surface area contributed by atoms with Crippen molar-refractivity contribution in [3.8, 4) is 11.4 Å². The highest BCUT2D eigenvalue weighted by Gasteiger charge is 2.09.